The molecule has 6 heteroatoms. The molecule has 0 aliphatic heterocycles. The SMILES string of the molecule is COC(=O)C(Cc1cccs1)NC(=O)C(C)Sc1ccc(C)cc1. The Bertz CT molecular complexity index is 668. The number of carbonyl (C=O) groups is 2. The van der Waals surface area contributed by atoms with Crippen LogP contribution in [0.5, 0.6) is 0 Å². The lowest BCUT2D eigenvalue weighted by Crippen LogP contribution is -2.45. The zero-order valence-corrected chi connectivity index (χ0v) is 15.6. The smallest absolute Gasteiger partial charge is 0.328 e. The number of carbonyl (C=O) groups excluding carboxylic acids is 2. The number of benzene rings is 1. The normalized spacial score (nSPS) is 13.1. The molecule has 2 atom stereocenters. The highest BCUT2D eigenvalue weighted by atomic mass is 32.2. The van der Waals surface area contributed by atoms with Crippen molar-refractivity contribution in [3.05, 3.63) is 52.2 Å². The number of methoxy groups -OCH3 is 1. The molecule has 1 aromatic carbocycles. The molecule has 0 bridgehead atoms. The summed E-state index contributed by atoms with van der Waals surface area (Å²) in [6, 6.07) is 11.2. The Morgan fingerprint density at radius 3 is 2.54 bits per heavy atom. The predicted molar refractivity (Wildman–Crippen MR) is 98.5 cm³/mol. The first kappa shape index (κ1) is 18.5. The minimum absolute atomic E-state index is 0.174. The second-order valence-electron chi connectivity index (χ2n) is 5.44. The van der Waals surface area contributed by atoms with E-state index in [1.165, 1.54) is 24.4 Å². The van der Waals surface area contributed by atoms with Crippen molar-refractivity contribution in [3.8, 4) is 0 Å². The number of ether oxygens (including phenoxy) is 1. The summed E-state index contributed by atoms with van der Waals surface area (Å²) in [7, 11) is 1.33. The summed E-state index contributed by atoms with van der Waals surface area (Å²) >= 11 is 3.02. The van der Waals surface area contributed by atoms with Gasteiger partial charge in [-0.05, 0) is 37.4 Å². The van der Waals surface area contributed by atoms with Gasteiger partial charge in [-0.2, -0.15) is 0 Å². The lowest BCUT2D eigenvalue weighted by Gasteiger charge is -2.18. The lowest BCUT2D eigenvalue weighted by molar-refractivity contribution is -0.144. The van der Waals surface area contributed by atoms with E-state index in [0.717, 1.165) is 9.77 Å². The molecule has 1 aromatic heterocycles. The molecule has 2 rings (SSSR count). The van der Waals surface area contributed by atoms with Gasteiger partial charge in [0.15, 0.2) is 0 Å². The fourth-order valence-corrected chi connectivity index (χ4v) is 3.76. The Labute approximate surface area is 150 Å². The number of amides is 1. The molecule has 1 amide bonds. The molecular formula is C18H21NO3S2. The van der Waals surface area contributed by atoms with Crippen LogP contribution in [0, 0.1) is 6.92 Å². The summed E-state index contributed by atoms with van der Waals surface area (Å²) in [6.07, 6.45) is 0.442. The van der Waals surface area contributed by atoms with Crippen LogP contribution < -0.4 is 5.32 Å². The van der Waals surface area contributed by atoms with Gasteiger partial charge in [-0.1, -0.05) is 23.8 Å². The first-order chi connectivity index (χ1) is 11.5. The van der Waals surface area contributed by atoms with E-state index < -0.39 is 12.0 Å². The van der Waals surface area contributed by atoms with Crippen LogP contribution in [0.25, 0.3) is 0 Å². The van der Waals surface area contributed by atoms with Gasteiger partial charge >= 0.3 is 5.97 Å². The summed E-state index contributed by atoms with van der Waals surface area (Å²) < 4.78 is 4.82. The first-order valence-electron chi connectivity index (χ1n) is 7.63. The maximum Gasteiger partial charge on any atom is 0.328 e. The highest BCUT2D eigenvalue weighted by molar-refractivity contribution is 8.00. The van der Waals surface area contributed by atoms with E-state index in [2.05, 4.69) is 5.32 Å². The maximum atomic E-state index is 12.4. The van der Waals surface area contributed by atoms with Gasteiger partial charge in [-0.15, -0.1) is 23.1 Å². The molecule has 2 unspecified atom stereocenters. The number of hydrogen-bond donors (Lipinski definition) is 1. The van der Waals surface area contributed by atoms with Gasteiger partial charge in [0.25, 0.3) is 0 Å². The number of thiophene rings is 1. The molecule has 0 fully saturated rings. The van der Waals surface area contributed by atoms with Gasteiger partial charge in [-0.3, -0.25) is 4.79 Å². The summed E-state index contributed by atoms with van der Waals surface area (Å²) in [5.74, 6) is -0.600. The van der Waals surface area contributed by atoms with Gasteiger partial charge < -0.3 is 10.1 Å². The lowest BCUT2D eigenvalue weighted by atomic mass is 10.1. The molecule has 0 saturated heterocycles. The maximum absolute atomic E-state index is 12.4. The van der Waals surface area contributed by atoms with Gasteiger partial charge in [0, 0.05) is 16.2 Å². The van der Waals surface area contributed by atoms with E-state index in [9.17, 15) is 9.59 Å². The van der Waals surface area contributed by atoms with E-state index in [1.54, 1.807) is 11.3 Å². The summed E-state index contributed by atoms with van der Waals surface area (Å²) in [5, 5.41) is 4.45. The second kappa shape index (κ2) is 8.89. The first-order valence-corrected chi connectivity index (χ1v) is 9.39. The molecule has 0 saturated carbocycles. The fourth-order valence-electron chi connectivity index (χ4n) is 2.13. The van der Waals surface area contributed by atoms with Crippen molar-refractivity contribution in [1.29, 1.82) is 0 Å². The zero-order valence-electron chi connectivity index (χ0n) is 13.9. The van der Waals surface area contributed by atoms with Gasteiger partial charge in [0.2, 0.25) is 5.91 Å². The standard InChI is InChI=1S/C18H21NO3S2/c1-12-6-8-14(9-7-12)24-13(2)17(20)19-16(18(21)22-3)11-15-5-4-10-23-15/h4-10,13,16H,11H2,1-3H3,(H,19,20). The molecule has 0 aliphatic carbocycles. The van der Waals surface area contributed by atoms with E-state index in [0.29, 0.717) is 6.42 Å². The van der Waals surface area contributed by atoms with Crippen molar-refractivity contribution >= 4 is 35.0 Å². The Balaban J connectivity index is 1.97. The van der Waals surface area contributed by atoms with Crippen LogP contribution in [0.1, 0.15) is 17.4 Å². The molecule has 1 N–H and O–H groups in total. The van der Waals surface area contributed by atoms with Gasteiger partial charge in [-0.25, -0.2) is 4.79 Å². The second-order valence-corrected chi connectivity index (χ2v) is 7.89. The zero-order chi connectivity index (χ0) is 17.5. The van der Waals surface area contributed by atoms with Crippen LogP contribution in [0.4, 0.5) is 0 Å². The molecule has 0 aliphatic rings. The van der Waals surface area contributed by atoms with Crippen molar-refractivity contribution in [2.75, 3.05) is 7.11 Å². The van der Waals surface area contributed by atoms with Crippen molar-refractivity contribution in [2.24, 2.45) is 0 Å². The van der Waals surface area contributed by atoms with Gasteiger partial charge in [0.1, 0.15) is 6.04 Å². The molecule has 128 valence electrons. The van der Waals surface area contributed by atoms with Crippen LogP contribution in [0.15, 0.2) is 46.7 Å². The number of thioether (sulfide) groups is 1. The minimum atomic E-state index is -0.665. The number of aryl methyl sites for hydroxylation is 1. The van der Waals surface area contributed by atoms with E-state index in [1.807, 2.05) is 55.6 Å². The third-order valence-electron chi connectivity index (χ3n) is 3.49. The Morgan fingerprint density at radius 1 is 1.25 bits per heavy atom. The third kappa shape index (κ3) is 5.39. The van der Waals surface area contributed by atoms with Crippen LogP contribution in [-0.4, -0.2) is 30.3 Å². The highest BCUT2D eigenvalue weighted by Crippen LogP contribution is 2.23. The number of esters is 1. The third-order valence-corrected chi connectivity index (χ3v) is 5.50. The number of nitrogens with one attached hydrogen (secondary N) is 1. The molecule has 1 heterocycles. The average molecular weight is 364 g/mol. The van der Waals surface area contributed by atoms with Crippen LogP contribution in [0.3, 0.4) is 0 Å². The van der Waals surface area contributed by atoms with Crippen molar-refractivity contribution < 1.29 is 14.3 Å². The van der Waals surface area contributed by atoms with Crippen molar-refractivity contribution in [2.45, 2.75) is 36.5 Å². The van der Waals surface area contributed by atoms with Crippen LogP contribution in [-0.2, 0) is 20.7 Å². The number of rotatable bonds is 7. The molecule has 24 heavy (non-hydrogen) atoms. The Hall–Kier alpha value is -1.79. The average Bonchev–Trinajstić information content (AvgIpc) is 3.08. The molecule has 4 nitrogen and oxygen atoms in total. The summed E-state index contributed by atoms with van der Waals surface area (Å²) in [5.41, 5.74) is 1.18. The monoisotopic (exact) mass is 363 g/mol. The van der Waals surface area contributed by atoms with E-state index >= 15 is 0 Å². The largest absolute Gasteiger partial charge is 0.467 e. The van der Waals surface area contributed by atoms with E-state index in [4.69, 9.17) is 4.74 Å². The summed E-state index contributed by atoms with van der Waals surface area (Å²) in [6.45, 7) is 3.86. The highest BCUT2D eigenvalue weighted by Gasteiger charge is 2.25. The minimum Gasteiger partial charge on any atom is -0.467 e. The molecule has 0 spiro atoms. The molecule has 2 aromatic rings. The Kier molecular flexibility index (Phi) is 6.87. The topological polar surface area (TPSA) is 55.4 Å². The predicted octanol–water partition coefficient (Wildman–Crippen LogP) is 3.44. The van der Waals surface area contributed by atoms with Crippen molar-refractivity contribution in [3.63, 3.8) is 0 Å². The Morgan fingerprint density at radius 2 is 1.96 bits per heavy atom. The number of hydrogen-bond acceptors (Lipinski definition) is 5. The molecular weight excluding hydrogens is 342 g/mol. The summed E-state index contributed by atoms with van der Waals surface area (Å²) in [4.78, 5) is 26.4. The quantitative estimate of drug-likeness (QED) is 0.605. The van der Waals surface area contributed by atoms with Crippen LogP contribution >= 0.6 is 23.1 Å². The molecule has 0 radical (unpaired) electrons. The fraction of sp³-hybridized carbons (Fsp3) is 0.333. The van der Waals surface area contributed by atoms with E-state index in [-0.39, 0.29) is 11.2 Å². The van der Waals surface area contributed by atoms with Crippen LogP contribution in [0.2, 0.25) is 0 Å². The van der Waals surface area contributed by atoms with Crippen molar-refractivity contribution in [1.82, 2.24) is 5.32 Å². The van der Waals surface area contributed by atoms with Gasteiger partial charge in [0.05, 0.1) is 12.4 Å².